The number of amides is 1. The zero-order chi connectivity index (χ0) is 23.3. The molecule has 0 saturated heterocycles. The molecule has 0 bridgehead atoms. The third-order valence-electron chi connectivity index (χ3n) is 5.16. The van der Waals surface area contributed by atoms with E-state index in [1.54, 1.807) is 51.1 Å². The van der Waals surface area contributed by atoms with Crippen LogP contribution in [0.2, 0.25) is 0 Å². The molecule has 1 N–H and O–H groups in total. The van der Waals surface area contributed by atoms with E-state index in [1.165, 1.54) is 0 Å². The Balaban J connectivity index is 2.42. The second kappa shape index (κ2) is 9.96. The molecule has 0 fully saturated rings. The maximum Gasteiger partial charge on any atom is 0.338 e. The first-order valence-electron chi connectivity index (χ1n) is 10.2. The van der Waals surface area contributed by atoms with E-state index in [-0.39, 0.29) is 13.0 Å². The lowest BCUT2D eigenvalue weighted by molar-refractivity contribution is -0.117. The van der Waals surface area contributed by atoms with Crippen LogP contribution in [0.4, 0.5) is 11.4 Å². The summed E-state index contributed by atoms with van der Waals surface area (Å²) in [5.41, 5.74) is 3.73. The highest BCUT2D eigenvalue weighted by atomic mass is 32.2. The number of carbonyl (C=O) groups is 2. The van der Waals surface area contributed by atoms with Gasteiger partial charge in [-0.3, -0.25) is 9.10 Å². The quantitative estimate of drug-likeness (QED) is 0.620. The Bertz CT molecular complexity index is 1080. The lowest BCUT2D eigenvalue weighted by atomic mass is 10.1. The van der Waals surface area contributed by atoms with Crippen molar-refractivity contribution in [3.63, 3.8) is 0 Å². The molecule has 0 radical (unpaired) electrons. The van der Waals surface area contributed by atoms with Gasteiger partial charge in [0.2, 0.25) is 15.9 Å². The fraction of sp³-hybridized carbons (Fsp3) is 0.391. The summed E-state index contributed by atoms with van der Waals surface area (Å²) in [5, 5.41) is 2.79. The van der Waals surface area contributed by atoms with E-state index < -0.39 is 27.9 Å². The SMILES string of the molecule is CCOC(=O)c1cccc(NC(=O)[C@H](CC)N(c2ccc(C)c(C)c2)S(C)(=O)=O)c1C. The summed E-state index contributed by atoms with van der Waals surface area (Å²) in [6, 6.07) is 9.28. The summed E-state index contributed by atoms with van der Waals surface area (Å²) in [7, 11) is -3.74. The number of sulfonamides is 1. The molecule has 2 aromatic carbocycles. The number of ether oxygens (including phenoxy) is 1. The van der Waals surface area contributed by atoms with E-state index in [1.807, 2.05) is 19.9 Å². The van der Waals surface area contributed by atoms with E-state index in [9.17, 15) is 18.0 Å². The van der Waals surface area contributed by atoms with Crippen LogP contribution in [0.3, 0.4) is 0 Å². The molecule has 0 aliphatic rings. The summed E-state index contributed by atoms with van der Waals surface area (Å²) in [5.74, 6) is -0.953. The van der Waals surface area contributed by atoms with E-state index in [0.717, 1.165) is 21.7 Å². The lowest BCUT2D eigenvalue weighted by Crippen LogP contribution is -2.47. The van der Waals surface area contributed by atoms with Crippen molar-refractivity contribution >= 4 is 33.3 Å². The zero-order valence-corrected chi connectivity index (χ0v) is 19.7. The van der Waals surface area contributed by atoms with Crippen molar-refractivity contribution < 1.29 is 22.7 Å². The summed E-state index contributed by atoms with van der Waals surface area (Å²) in [6.45, 7) is 9.26. The van der Waals surface area contributed by atoms with Crippen molar-refractivity contribution in [3.8, 4) is 0 Å². The normalized spacial score (nSPS) is 12.2. The maximum absolute atomic E-state index is 13.2. The highest BCUT2D eigenvalue weighted by molar-refractivity contribution is 7.92. The van der Waals surface area contributed by atoms with Gasteiger partial charge in [0.1, 0.15) is 6.04 Å². The number of anilines is 2. The maximum atomic E-state index is 13.2. The number of benzene rings is 2. The van der Waals surface area contributed by atoms with Gasteiger partial charge in [-0.1, -0.05) is 19.1 Å². The molecule has 0 aliphatic heterocycles. The Labute approximate surface area is 184 Å². The van der Waals surface area contributed by atoms with E-state index in [2.05, 4.69) is 5.32 Å². The minimum atomic E-state index is -3.74. The molecular formula is C23H30N2O5S. The molecule has 0 spiro atoms. The Kier molecular flexibility index (Phi) is 7.84. The Morgan fingerprint density at radius 1 is 1.06 bits per heavy atom. The third-order valence-corrected chi connectivity index (χ3v) is 6.34. The minimum absolute atomic E-state index is 0.242. The van der Waals surface area contributed by atoms with Crippen molar-refractivity contribution in [2.24, 2.45) is 0 Å². The number of nitrogens with zero attached hydrogens (tertiary/aromatic N) is 1. The largest absolute Gasteiger partial charge is 0.462 e. The number of esters is 1. The van der Waals surface area contributed by atoms with Crippen LogP contribution in [0.25, 0.3) is 0 Å². The Hall–Kier alpha value is -2.87. The molecule has 168 valence electrons. The van der Waals surface area contributed by atoms with Crippen LogP contribution in [0.5, 0.6) is 0 Å². The fourth-order valence-electron chi connectivity index (χ4n) is 3.34. The van der Waals surface area contributed by atoms with Crippen molar-refractivity contribution in [3.05, 3.63) is 58.7 Å². The number of aryl methyl sites for hydroxylation is 2. The molecule has 0 unspecified atom stereocenters. The van der Waals surface area contributed by atoms with Gasteiger partial charge in [0.15, 0.2) is 0 Å². The first-order chi connectivity index (χ1) is 14.5. The van der Waals surface area contributed by atoms with Crippen LogP contribution in [0, 0.1) is 20.8 Å². The predicted octanol–water partition coefficient (Wildman–Crippen LogP) is 3.97. The smallest absolute Gasteiger partial charge is 0.338 e. The highest BCUT2D eigenvalue weighted by Crippen LogP contribution is 2.27. The topological polar surface area (TPSA) is 92.8 Å². The molecule has 31 heavy (non-hydrogen) atoms. The average Bonchev–Trinajstić information content (AvgIpc) is 2.69. The molecule has 1 atom stereocenters. The summed E-state index contributed by atoms with van der Waals surface area (Å²) in [4.78, 5) is 25.3. The Morgan fingerprint density at radius 3 is 2.29 bits per heavy atom. The first kappa shape index (κ1) is 24.4. The van der Waals surface area contributed by atoms with Gasteiger partial charge in [0.25, 0.3) is 0 Å². The molecule has 2 rings (SSSR count). The minimum Gasteiger partial charge on any atom is -0.462 e. The molecular weight excluding hydrogens is 416 g/mol. The van der Waals surface area contributed by atoms with Crippen LogP contribution in [0.15, 0.2) is 36.4 Å². The van der Waals surface area contributed by atoms with E-state index >= 15 is 0 Å². The third kappa shape index (κ3) is 5.64. The van der Waals surface area contributed by atoms with Gasteiger partial charge in [-0.25, -0.2) is 13.2 Å². The molecule has 0 heterocycles. The van der Waals surface area contributed by atoms with Crippen molar-refractivity contribution in [2.45, 2.75) is 47.1 Å². The van der Waals surface area contributed by atoms with Crippen molar-refractivity contribution in [2.75, 3.05) is 22.5 Å². The Morgan fingerprint density at radius 2 is 1.74 bits per heavy atom. The molecule has 1 amide bonds. The van der Waals surface area contributed by atoms with Gasteiger partial charge in [0.05, 0.1) is 24.1 Å². The number of hydrogen-bond acceptors (Lipinski definition) is 5. The second-order valence-electron chi connectivity index (χ2n) is 7.44. The monoisotopic (exact) mass is 446 g/mol. The standard InChI is InChI=1S/C23H30N2O5S/c1-7-21(25(31(6,28)29)18-13-12-15(3)16(4)14-18)22(26)24-20-11-9-10-19(17(20)5)23(27)30-8-2/h9-14,21H,7-8H2,1-6H3,(H,24,26)/t21-/m0/s1. The zero-order valence-electron chi connectivity index (χ0n) is 18.9. The molecule has 0 aromatic heterocycles. The number of carbonyl (C=O) groups excluding carboxylic acids is 2. The van der Waals surface area contributed by atoms with Crippen molar-refractivity contribution in [1.29, 1.82) is 0 Å². The van der Waals surface area contributed by atoms with E-state index in [4.69, 9.17) is 4.74 Å². The van der Waals surface area contributed by atoms with Gasteiger partial charge in [-0.2, -0.15) is 0 Å². The number of nitrogens with one attached hydrogen (secondary N) is 1. The van der Waals surface area contributed by atoms with Crippen LogP contribution >= 0.6 is 0 Å². The molecule has 0 saturated carbocycles. The number of rotatable bonds is 8. The number of hydrogen-bond donors (Lipinski definition) is 1. The first-order valence-corrected chi connectivity index (χ1v) is 12.0. The van der Waals surface area contributed by atoms with Crippen LogP contribution in [-0.4, -0.2) is 39.2 Å². The fourth-order valence-corrected chi connectivity index (χ4v) is 4.54. The van der Waals surface area contributed by atoms with E-state index in [0.29, 0.717) is 22.5 Å². The van der Waals surface area contributed by atoms with Gasteiger partial charge >= 0.3 is 5.97 Å². The van der Waals surface area contributed by atoms with Crippen molar-refractivity contribution in [1.82, 2.24) is 0 Å². The van der Waals surface area contributed by atoms with Gasteiger partial charge < -0.3 is 10.1 Å². The molecule has 8 heteroatoms. The molecule has 2 aromatic rings. The molecule has 0 aliphatic carbocycles. The van der Waals surface area contributed by atoms with Crippen LogP contribution in [0.1, 0.15) is 47.3 Å². The predicted molar refractivity (Wildman–Crippen MR) is 123 cm³/mol. The van der Waals surface area contributed by atoms with Crippen LogP contribution < -0.4 is 9.62 Å². The van der Waals surface area contributed by atoms with Gasteiger partial charge in [-0.15, -0.1) is 0 Å². The summed E-state index contributed by atoms with van der Waals surface area (Å²) >= 11 is 0. The highest BCUT2D eigenvalue weighted by Gasteiger charge is 2.32. The molecule has 7 nitrogen and oxygen atoms in total. The lowest BCUT2D eigenvalue weighted by Gasteiger charge is -2.30. The average molecular weight is 447 g/mol. The van der Waals surface area contributed by atoms with Crippen LogP contribution in [-0.2, 0) is 19.6 Å². The van der Waals surface area contributed by atoms with Gasteiger partial charge in [0, 0.05) is 5.69 Å². The van der Waals surface area contributed by atoms with Gasteiger partial charge in [-0.05, 0) is 75.1 Å². The second-order valence-corrected chi connectivity index (χ2v) is 9.30. The summed E-state index contributed by atoms with van der Waals surface area (Å²) < 4.78 is 31.5. The summed E-state index contributed by atoms with van der Waals surface area (Å²) in [6.07, 6.45) is 1.35.